The minimum absolute atomic E-state index is 0.0779. The molecule has 96 heavy (non-hydrogen) atoms. The molecule has 9 aromatic heterocycles. The van der Waals surface area contributed by atoms with Gasteiger partial charge in [0, 0.05) is 94.1 Å². The van der Waals surface area contributed by atoms with Crippen LogP contribution in [-0.2, 0) is 22.6 Å². The summed E-state index contributed by atoms with van der Waals surface area (Å²) in [7, 11) is 1.30. The summed E-state index contributed by atoms with van der Waals surface area (Å²) in [6, 6.07) is 52.1. The molecule has 0 radical (unpaired) electrons. The number of hydrogen-bond acceptors (Lipinski definition) is 16. The van der Waals surface area contributed by atoms with Crippen LogP contribution in [0, 0.1) is 0 Å². The Morgan fingerprint density at radius 1 is 0.490 bits per heavy atom. The molecule has 26 nitrogen and oxygen atoms in total. The quantitative estimate of drug-likeness (QED) is 0.0455. The third-order valence-electron chi connectivity index (χ3n) is 15.8. The van der Waals surface area contributed by atoms with E-state index in [4.69, 9.17) is 40.1 Å². The summed E-state index contributed by atoms with van der Waals surface area (Å²) in [5.74, 6) is -1.86. The number of alkyl carbamates (subject to hydrolysis) is 1. The van der Waals surface area contributed by atoms with Crippen LogP contribution in [0.2, 0.25) is 0 Å². The van der Waals surface area contributed by atoms with Gasteiger partial charge in [0.15, 0.2) is 0 Å². The Bertz CT molecular complexity index is 5200. The standard InChI is InChI=1S/C18H21N5O3.C18H14N4O.C17H19N5O2.C17H13N5O/c1-3-23-14-7-5-4-6-11(14)12-10-13(15(19)24)16(22-17(12)23)20-8-9-21-18(25)26-2;19-16-14(17(20)23)10-13-12-8-4-5-9-15(12)22(18(13)21-16)11-6-2-1-3-7-11;1-9(18)8-22-14-6-4-3-5-11(14)12-7-13(15(19)24)16(20-10(2)23)21-17(12)22;18-15-13(16(19)23)8-12-11-5-1-2-6-14(11)22(17(12)21-15)10-4-3-7-20-9-10/h4-7,10H,3,8-9H2,1-2H3,(H2,19,24)(H,20,22)(H,21,25);1-10H,(H2,19,21)(H2,20,23);3-7,9H,8,18H2,1-2H3,(H2,19,24)(H,20,21,23);1-9H,(H2,18,21)(H2,19,23)/t;;9-;/m..0./s1. The van der Waals surface area contributed by atoms with E-state index in [-0.39, 0.29) is 46.1 Å². The predicted molar refractivity (Wildman–Crippen MR) is 375 cm³/mol. The molecule has 5 aromatic carbocycles. The third-order valence-corrected chi connectivity index (χ3v) is 15.8. The van der Waals surface area contributed by atoms with Crippen molar-refractivity contribution in [3.8, 4) is 11.4 Å². The second-order valence-corrected chi connectivity index (χ2v) is 22.2. The Balaban J connectivity index is 0.000000130. The highest BCUT2D eigenvalue weighted by molar-refractivity contribution is 6.15. The number of methoxy groups -OCH3 is 1. The Morgan fingerprint density at radius 2 is 0.906 bits per heavy atom. The van der Waals surface area contributed by atoms with E-state index >= 15 is 0 Å². The average Bonchev–Trinajstić information content (AvgIpc) is 1.64. The number of fused-ring (bicyclic) bond motifs is 12. The van der Waals surface area contributed by atoms with Crippen LogP contribution in [0.15, 0.2) is 176 Å². The van der Waals surface area contributed by atoms with Crippen molar-refractivity contribution in [3.63, 3.8) is 0 Å². The van der Waals surface area contributed by atoms with Gasteiger partial charge in [-0.3, -0.25) is 38.1 Å². The largest absolute Gasteiger partial charge is 0.453 e. The third kappa shape index (κ3) is 12.7. The zero-order valence-corrected chi connectivity index (χ0v) is 52.6. The van der Waals surface area contributed by atoms with Gasteiger partial charge < -0.3 is 70.0 Å². The topological polar surface area (TPSA) is 414 Å². The number of nitrogens with zero attached hydrogens (tertiary/aromatic N) is 9. The number of para-hydroxylation sites is 5. The van der Waals surface area contributed by atoms with Gasteiger partial charge in [0.05, 0.1) is 63.3 Å². The fraction of sp³-hybridized carbons (Fsp3) is 0.129. The van der Waals surface area contributed by atoms with Crippen LogP contribution in [0.5, 0.6) is 0 Å². The summed E-state index contributed by atoms with van der Waals surface area (Å²) in [6.07, 6.45) is 2.95. The summed E-state index contributed by atoms with van der Waals surface area (Å²) in [5.41, 5.74) is 49.2. The van der Waals surface area contributed by atoms with Crippen molar-refractivity contribution >= 4 is 147 Å². The van der Waals surface area contributed by atoms with Crippen LogP contribution >= 0.6 is 0 Å². The van der Waals surface area contributed by atoms with Gasteiger partial charge in [0.1, 0.15) is 45.9 Å². The van der Waals surface area contributed by atoms with Crippen LogP contribution in [0.1, 0.15) is 62.2 Å². The average molecular weight is 1290 g/mol. The first-order valence-electron chi connectivity index (χ1n) is 30.2. The summed E-state index contributed by atoms with van der Waals surface area (Å²) in [6.45, 7) is 7.31. The second-order valence-electron chi connectivity index (χ2n) is 22.2. The van der Waals surface area contributed by atoms with Crippen LogP contribution in [-0.4, -0.2) is 105 Å². The zero-order chi connectivity index (χ0) is 68.1. The van der Waals surface area contributed by atoms with E-state index in [0.717, 1.165) is 88.7 Å². The number of nitrogen functional groups attached to an aromatic ring is 2. The fourth-order valence-corrected chi connectivity index (χ4v) is 11.7. The van der Waals surface area contributed by atoms with E-state index in [1.807, 2.05) is 167 Å². The number of carbonyl (C=O) groups is 6. The number of benzene rings is 5. The van der Waals surface area contributed by atoms with Crippen molar-refractivity contribution in [1.29, 1.82) is 0 Å². The molecule has 14 rings (SSSR count). The lowest BCUT2D eigenvalue weighted by Gasteiger charge is -2.11. The molecule has 0 saturated carbocycles. The molecular weight excluding hydrogens is 1220 g/mol. The van der Waals surface area contributed by atoms with Crippen LogP contribution < -0.4 is 56.1 Å². The van der Waals surface area contributed by atoms with E-state index in [0.29, 0.717) is 48.0 Å². The van der Waals surface area contributed by atoms with E-state index in [2.05, 4.69) is 50.2 Å². The molecule has 0 unspecified atom stereocenters. The van der Waals surface area contributed by atoms with Crippen molar-refractivity contribution in [2.24, 2.45) is 28.7 Å². The lowest BCUT2D eigenvalue weighted by molar-refractivity contribution is -0.114. The van der Waals surface area contributed by atoms with Gasteiger partial charge in [-0.1, -0.05) is 91.0 Å². The number of rotatable bonds is 14. The van der Waals surface area contributed by atoms with Gasteiger partial charge in [-0.2, -0.15) is 0 Å². The number of aryl methyl sites for hydroxylation is 1. The van der Waals surface area contributed by atoms with Crippen LogP contribution in [0.3, 0.4) is 0 Å². The van der Waals surface area contributed by atoms with Gasteiger partial charge >= 0.3 is 6.09 Å². The summed E-state index contributed by atoms with van der Waals surface area (Å²) in [4.78, 5) is 91.5. The first-order chi connectivity index (χ1) is 46.3. The summed E-state index contributed by atoms with van der Waals surface area (Å²) >= 11 is 0. The maximum Gasteiger partial charge on any atom is 0.406 e. The number of carbonyl (C=O) groups excluding carboxylic acids is 6. The number of nitrogens with one attached hydrogen (secondary N) is 3. The number of nitrogens with two attached hydrogens (primary N) is 7. The molecule has 14 aromatic rings. The van der Waals surface area contributed by atoms with Gasteiger partial charge in [0.2, 0.25) is 5.91 Å². The number of hydrogen-bond donors (Lipinski definition) is 10. The van der Waals surface area contributed by atoms with E-state index in [1.165, 1.54) is 14.0 Å². The van der Waals surface area contributed by atoms with Gasteiger partial charge in [-0.25, -0.2) is 24.7 Å². The Kier molecular flexibility index (Phi) is 18.5. The molecule has 1 atom stereocenters. The highest BCUT2D eigenvalue weighted by atomic mass is 16.5. The number of ether oxygens (including phenoxy) is 1. The fourth-order valence-electron chi connectivity index (χ4n) is 11.7. The van der Waals surface area contributed by atoms with Crippen LogP contribution in [0.4, 0.5) is 28.1 Å². The number of pyridine rings is 5. The minimum atomic E-state index is -0.642. The van der Waals surface area contributed by atoms with Crippen molar-refractivity contribution in [2.75, 3.05) is 42.3 Å². The normalized spacial score (nSPS) is 11.4. The highest BCUT2D eigenvalue weighted by Gasteiger charge is 2.23. The molecule has 0 fully saturated rings. The number of aromatic nitrogens is 9. The first-order valence-corrected chi connectivity index (χ1v) is 30.2. The smallest absolute Gasteiger partial charge is 0.406 e. The molecule has 9 heterocycles. The van der Waals surface area contributed by atoms with Crippen molar-refractivity contribution in [3.05, 3.63) is 198 Å². The molecule has 0 spiro atoms. The predicted octanol–water partition coefficient (Wildman–Crippen LogP) is 8.78. The molecular formula is C70H67N19O7. The molecule has 26 heteroatoms. The number of primary amides is 4. The minimum Gasteiger partial charge on any atom is -0.453 e. The molecule has 0 aliphatic rings. The lowest BCUT2D eigenvalue weighted by Crippen LogP contribution is -2.29. The van der Waals surface area contributed by atoms with E-state index < -0.39 is 29.7 Å². The number of anilines is 4. The molecule has 0 aliphatic carbocycles. The molecule has 6 amide bonds. The molecule has 0 aliphatic heterocycles. The Labute approximate surface area is 547 Å². The summed E-state index contributed by atoms with van der Waals surface area (Å²) in [5, 5.41) is 15.5. The van der Waals surface area contributed by atoms with Crippen molar-refractivity contribution < 1.29 is 33.5 Å². The number of amides is 6. The molecule has 484 valence electrons. The molecule has 0 bridgehead atoms. The van der Waals surface area contributed by atoms with Crippen LogP contribution in [0.25, 0.3) is 99.1 Å². The van der Waals surface area contributed by atoms with Gasteiger partial charge in [-0.05, 0) is 86.6 Å². The molecule has 0 saturated heterocycles. The maximum absolute atomic E-state index is 11.9. The highest BCUT2D eigenvalue weighted by Crippen LogP contribution is 2.36. The maximum atomic E-state index is 11.9. The Morgan fingerprint density at radius 3 is 1.38 bits per heavy atom. The first kappa shape index (κ1) is 64.6. The SMILES string of the molecule is CC(=O)Nc1nc2c(cc1C(N)=O)c1ccccc1n2C[C@H](C)N.CCn1c2ccccc2c2cc(C(N)=O)c(NCCNC(=O)OC)nc21.NC(=O)c1cc2c3ccccc3n(-c3ccccc3)c2nc1N.NC(=O)c1cc2c3ccccc3n(-c3cccnc3)c2nc1N. The monoisotopic (exact) mass is 1290 g/mol. The Hall–Kier alpha value is -13.0. The zero-order valence-electron chi connectivity index (χ0n) is 52.6. The molecule has 17 N–H and O–H groups in total. The van der Waals surface area contributed by atoms with Crippen molar-refractivity contribution in [1.82, 2.24) is 48.5 Å². The van der Waals surface area contributed by atoms with E-state index in [9.17, 15) is 28.8 Å². The summed E-state index contributed by atoms with van der Waals surface area (Å²) < 4.78 is 12.6. The second kappa shape index (κ2) is 27.5. The van der Waals surface area contributed by atoms with Gasteiger partial charge in [0.25, 0.3) is 23.6 Å². The van der Waals surface area contributed by atoms with Gasteiger partial charge in [-0.15, -0.1) is 0 Å². The lowest BCUT2D eigenvalue weighted by atomic mass is 10.1. The van der Waals surface area contributed by atoms with Crippen molar-refractivity contribution in [2.45, 2.75) is 39.9 Å². The van der Waals surface area contributed by atoms with E-state index in [1.54, 1.807) is 36.7 Å².